The molecule has 0 saturated heterocycles. The molecule has 4 aromatic rings. The van der Waals surface area contributed by atoms with Crippen molar-refractivity contribution >= 4 is 11.7 Å². The van der Waals surface area contributed by atoms with Crippen LogP contribution in [-0.4, -0.2) is 60.1 Å². The van der Waals surface area contributed by atoms with Crippen molar-refractivity contribution in [3.05, 3.63) is 71.3 Å². The molecular weight excluding hydrogens is 591 g/mol. The highest BCUT2D eigenvalue weighted by molar-refractivity contribution is 6.00. The Bertz CT molecular complexity index is 1550. The molecule has 2 aromatic heterocycles. The highest BCUT2D eigenvalue weighted by atomic mass is 19.4. The summed E-state index contributed by atoms with van der Waals surface area (Å²) < 4.78 is 71.1. The maximum atomic E-state index is 13.5. The van der Waals surface area contributed by atoms with Gasteiger partial charge in [0.2, 0.25) is 23.5 Å². The molecule has 2 aromatic carbocycles. The Morgan fingerprint density at radius 2 is 1.14 bits per heavy atom. The van der Waals surface area contributed by atoms with Gasteiger partial charge in [-0.25, -0.2) is 4.79 Å². The first-order valence-electron chi connectivity index (χ1n) is 12.4. The molecule has 0 N–H and O–H groups in total. The van der Waals surface area contributed by atoms with E-state index in [4.69, 9.17) is 33.3 Å². The largest absolute Gasteiger partial charge is 0.481 e. The van der Waals surface area contributed by atoms with Gasteiger partial charge in [0.25, 0.3) is 0 Å². The van der Waals surface area contributed by atoms with Gasteiger partial charge >= 0.3 is 24.2 Å². The number of halogens is 3. The SMILES string of the molecule is COc1cc(OC)nc(Oc2cccc(Oc3nc(OC)cc(OC)n3)c2C(=O)O/N=C(\C)c2ccc(C(F)(F)F)cc2)n1. The topological polar surface area (TPSA) is 146 Å². The van der Waals surface area contributed by atoms with Gasteiger partial charge in [-0.2, -0.15) is 33.1 Å². The third-order valence-electron chi connectivity index (χ3n) is 5.64. The number of alkyl halides is 3. The molecule has 0 aliphatic heterocycles. The summed E-state index contributed by atoms with van der Waals surface area (Å²) >= 11 is 0. The summed E-state index contributed by atoms with van der Waals surface area (Å²) in [6, 6.07) is 10.8. The molecule has 0 bridgehead atoms. The number of benzene rings is 2. The Balaban J connectivity index is 1.72. The smallest absolute Gasteiger partial charge is 0.416 e. The summed E-state index contributed by atoms with van der Waals surface area (Å²) in [6.45, 7) is 1.45. The summed E-state index contributed by atoms with van der Waals surface area (Å²) in [5.74, 6) is -0.922. The van der Waals surface area contributed by atoms with Crippen molar-refractivity contribution in [2.45, 2.75) is 13.1 Å². The molecule has 0 saturated carbocycles. The minimum Gasteiger partial charge on any atom is -0.481 e. The molecule has 0 radical (unpaired) electrons. The van der Waals surface area contributed by atoms with Crippen molar-refractivity contribution in [2.24, 2.45) is 5.16 Å². The van der Waals surface area contributed by atoms with Crippen molar-refractivity contribution in [2.75, 3.05) is 28.4 Å². The lowest BCUT2D eigenvalue weighted by molar-refractivity contribution is -0.137. The third-order valence-corrected chi connectivity index (χ3v) is 5.64. The number of nitrogens with zero attached hydrogens (tertiary/aromatic N) is 5. The fourth-order valence-electron chi connectivity index (χ4n) is 3.46. The molecule has 0 unspecified atom stereocenters. The standard InChI is InChI=1S/C28H24F3N5O8/c1-15(16-9-11-17(12-10-16)28(29,30)31)36-44-25(37)24-18(42-26-32-20(38-2)13-21(33-26)39-3)7-6-8-19(24)43-27-34-22(40-4)14-23(35-27)41-5/h6-14H,1-5H3/b36-15+. The van der Waals surface area contributed by atoms with E-state index in [-0.39, 0.29) is 63.9 Å². The number of ether oxygens (including phenoxy) is 6. The van der Waals surface area contributed by atoms with E-state index in [9.17, 15) is 18.0 Å². The van der Waals surface area contributed by atoms with Crippen LogP contribution in [0.25, 0.3) is 0 Å². The highest BCUT2D eigenvalue weighted by Crippen LogP contribution is 2.36. The molecule has 16 heteroatoms. The molecule has 0 amide bonds. The quantitative estimate of drug-likeness (QED) is 0.120. The van der Waals surface area contributed by atoms with Crippen molar-refractivity contribution in [1.29, 1.82) is 0 Å². The molecule has 13 nitrogen and oxygen atoms in total. The molecular formula is C28H24F3N5O8. The maximum absolute atomic E-state index is 13.5. The van der Waals surface area contributed by atoms with E-state index in [2.05, 4.69) is 25.1 Å². The first-order valence-corrected chi connectivity index (χ1v) is 12.4. The van der Waals surface area contributed by atoms with Crippen LogP contribution in [0.3, 0.4) is 0 Å². The normalized spacial score (nSPS) is 11.4. The molecule has 0 atom stereocenters. The lowest BCUT2D eigenvalue weighted by Gasteiger charge is -2.14. The van der Waals surface area contributed by atoms with Gasteiger partial charge in [-0.15, -0.1) is 0 Å². The van der Waals surface area contributed by atoms with Gasteiger partial charge < -0.3 is 33.3 Å². The van der Waals surface area contributed by atoms with E-state index in [1.54, 1.807) is 0 Å². The van der Waals surface area contributed by atoms with Crippen LogP contribution in [0.2, 0.25) is 0 Å². The average Bonchev–Trinajstić information content (AvgIpc) is 3.02. The zero-order valence-corrected chi connectivity index (χ0v) is 23.8. The van der Waals surface area contributed by atoms with E-state index < -0.39 is 17.7 Å². The summed E-state index contributed by atoms with van der Waals surface area (Å²) in [5.41, 5.74) is -0.755. The van der Waals surface area contributed by atoms with E-state index in [0.29, 0.717) is 0 Å². The van der Waals surface area contributed by atoms with Gasteiger partial charge in [0.05, 0.1) is 51.8 Å². The van der Waals surface area contributed by atoms with Gasteiger partial charge in [-0.05, 0) is 36.8 Å². The lowest BCUT2D eigenvalue weighted by atomic mass is 10.1. The predicted molar refractivity (Wildman–Crippen MR) is 146 cm³/mol. The molecule has 0 aliphatic rings. The van der Waals surface area contributed by atoms with E-state index in [1.807, 2.05) is 0 Å². The van der Waals surface area contributed by atoms with Crippen LogP contribution in [0, 0.1) is 0 Å². The van der Waals surface area contributed by atoms with Crippen molar-refractivity contribution < 1.29 is 51.2 Å². The molecule has 0 aliphatic carbocycles. The van der Waals surface area contributed by atoms with Crippen molar-refractivity contribution in [3.63, 3.8) is 0 Å². The fourth-order valence-corrected chi connectivity index (χ4v) is 3.46. The second-order valence-corrected chi connectivity index (χ2v) is 8.43. The molecule has 0 spiro atoms. The Hall–Kier alpha value is -5.67. The minimum absolute atomic E-state index is 0.106. The van der Waals surface area contributed by atoms with Crippen LogP contribution in [0.15, 0.2) is 59.8 Å². The number of carbonyl (C=O) groups excluding carboxylic acids is 1. The number of carbonyl (C=O) groups is 1. The van der Waals surface area contributed by atoms with E-state index in [0.717, 1.165) is 12.1 Å². The Labute approximate surface area is 248 Å². The number of hydrogen-bond donors (Lipinski definition) is 0. The number of methoxy groups -OCH3 is 4. The van der Waals surface area contributed by atoms with Gasteiger partial charge in [0.15, 0.2) is 0 Å². The third kappa shape index (κ3) is 7.58. The van der Waals surface area contributed by atoms with Crippen molar-refractivity contribution in [1.82, 2.24) is 19.9 Å². The van der Waals surface area contributed by atoms with Crippen LogP contribution < -0.4 is 28.4 Å². The van der Waals surface area contributed by atoms with Crippen LogP contribution >= 0.6 is 0 Å². The summed E-state index contributed by atoms with van der Waals surface area (Å²) in [5, 5.41) is 3.80. The Morgan fingerprint density at radius 1 is 0.705 bits per heavy atom. The fraction of sp³-hybridized carbons (Fsp3) is 0.214. The highest BCUT2D eigenvalue weighted by Gasteiger charge is 2.30. The monoisotopic (exact) mass is 615 g/mol. The molecule has 4 rings (SSSR count). The minimum atomic E-state index is -4.51. The Kier molecular flexibility index (Phi) is 9.62. The first-order chi connectivity index (χ1) is 21.0. The molecule has 2 heterocycles. The summed E-state index contributed by atoms with van der Waals surface area (Å²) in [7, 11) is 5.51. The van der Waals surface area contributed by atoms with Gasteiger partial charge in [0, 0.05) is 0 Å². The predicted octanol–water partition coefficient (Wildman–Crippen LogP) is 5.49. The number of hydrogen-bond acceptors (Lipinski definition) is 13. The van der Waals surface area contributed by atoms with E-state index in [1.165, 1.54) is 77.8 Å². The second kappa shape index (κ2) is 13.5. The van der Waals surface area contributed by atoms with Crippen LogP contribution in [0.1, 0.15) is 28.4 Å². The van der Waals surface area contributed by atoms with Crippen LogP contribution in [0.4, 0.5) is 13.2 Å². The maximum Gasteiger partial charge on any atom is 0.416 e. The molecule has 230 valence electrons. The Morgan fingerprint density at radius 3 is 1.52 bits per heavy atom. The summed E-state index contributed by atoms with van der Waals surface area (Å²) in [6.07, 6.45) is -4.51. The second-order valence-electron chi connectivity index (χ2n) is 8.43. The number of aromatic nitrogens is 4. The first kappa shape index (κ1) is 31.3. The summed E-state index contributed by atoms with van der Waals surface area (Å²) in [4.78, 5) is 35.0. The van der Waals surface area contributed by atoms with E-state index >= 15 is 0 Å². The van der Waals surface area contributed by atoms with Crippen molar-refractivity contribution in [3.8, 4) is 47.0 Å². The zero-order chi connectivity index (χ0) is 31.9. The van der Waals surface area contributed by atoms with Gasteiger partial charge in [-0.1, -0.05) is 23.4 Å². The van der Waals surface area contributed by atoms with Gasteiger partial charge in [0.1, 0.15) is 17.1 Å². The average molecular weight is 616 g/mol. The zero-order valence-electron chi connectivity index (χ0n) is 23.8. The molecule has 0 fully saturated rings. The number of oxime groups is 1. The van der Waals surface area contributed by atoms with Crippen LogP contribution in [-0.2, 0) is 11.0 Å². The van der Waals surface area contributed by atoms with Gasteiger partial charge in [-0.3, -0.25) is 0 Å². The number of rotatable bonds is 11. The lowest BCUT2D eigenvalue weighted by Crippen LogP contribution is -2.09. The van der Waals surface area contributed by atoms with Crippen LogP contribution in [0.5, 0.6) is 47.0 Å². The molecule has 44 heavy (non-hydrogen) atoms.